The molecular formula is C20H16O2Se. The third-order valence-electron chi connectivity index (χ3n) is 3.67. The van der Waals surface area contributed by atoms with Gasteiger partial charge in [0.15, 0.2) is 0 Å². The molecule has 3 heteroatoms. The van der Waals surface area contributed by atoms with E-state index in [4.69, 9.17) is 0 Å². The molecule has 2 nitrogen and oxygen atoms in total. The van der Waals surface area contributed by atoms with Crippen molar-refractivity contribution < 1.29 is 9.59 Å². The van der Waals surface area contributed by atoms with Crippen LogP contribution in [0.25, 0.3) is 0 Å². The normalized spacial score (nSPS) is 16.8. The van der Waals surface area contributed by atoms with Crippen LogP contribution in [0.15, 0.2) is 83.4 Å². The summed E-state index contributed by atoms with van der Waals surface area (Å²) in [7, 11) is 0. The van der Waals surface area contributed by atoms with Crippen LogP contribution in [0.4, 0.5) is 0 Å². The first-order valence-corrected chi connectivity index (χ1v) is 10.7. The summed E-state index contributed by atoms with van der Waals surface area (Å²) in [6.45, 7) is 0. The maximum atomic E-state index is 12.7. The molecule has 1 heterocycles. The number of rotatable bonds is 4. The molecule has 0 spiro atoms. The molecule has 1 aliphatic rings. The molecule has 0 fully saturated rings. The van der Waals surface area contributed by atoms with Crippen molar-refractivity contribution >= 4 is 29.4 Å². The van der Waals surface area contributed by atoms with Gasteiger partial charge in [0.2, 0.25) is 0 Å². The van der Waals surface area contributed by atoms with Crippen LogP contribution in [-0.2, 0) is 0 Å². The second kappa shape index (κ2) is 6.82. The standard InChI is InChI=1S/C20H16O2Se/c1-23-17(19(21)15-9-4-2-5-10-15)13-8-14-18(23)20(22)16-11-6-3-7-12-16/h2-14H,1H3. The second-order valence-electron chi connectivity index (χ2n) is 5.15. The van der Waals surface area contributed by atoms with Crippen molar-refractivity contribution in [3.8, 4) is 0 Å². The number of benzene rings is 2. The third-order valence-corrected chi connectivity index (χ3v) is 7.79. The first kappa shape index (κ1) is 15.5. The monoisotopic (exact) mass is 368 g/mol. The van der Waals surface area contributed by atoms with Gasteiger partial charge in [-0.05, 0) is 0 Å². The number of ketones is 2. The Balaban J connectivity index is 1.98. The van der Waals surface area contributed by atoms with Gasteiger partial charge >= 0.3 is 139 Å². The van der Waals surface area contributed by atoms with Crippen LogP contribution < -0.4 is 0 Å². The van der Waals surface area contributed by atoms with Crippen molar-refractivity contribution in [1.29, 1.82) is 0 Å². The van der Waals surface area contributed by atoms with E-state index in [1.54, 1.807) is 0 Å². The zero-order valence-electron chi connectivity index (χ0n) is 12.7. The molecule has 114 valence electrons. The average Bonchev–Trinajstić information content (AvgIpc) is 2.62. The number of hydrogen-bond donors (Lipinski definition) is 0. The molecule has 0 N–H and O–H groups in total. The minimum absolute atomic E-state index is 0.0285. The molecule has 0 radical (unpaired) electrons. The SMILES string of the molecule is C[Se]1=C(C(=O)c2ccccc2)C=CC=C1C(=O)c1ccccc1. The van der Waals surface area contributed by atoms with Crippen LogP contribution in [0.2, 0.25) is 5.82 Å². The Morgan fingerprint density at radius 1 is 0.783 bits per heavy atom. The minimum atomic E-state index is -1.63. The molecule has 23 heavy (non-hydrogen) atoms. The van der Waals surface area contributed by atoms with Gasteiger partial charge in [-0.1, -0.05) is 0 Å². The van der Waals surface area contributed by atoms with E-state index in [0.29, 0.717) is 11.1 Å². The summed E-state index contributed by atoms with van der Waals surface area (Å²) < 4.78 is 1.55. The summed E-state index contributed by atoms with van der Waals surface area (Å²) in [6, 6.07) is 18.5. The van der Waals surface area contributed by atoms with Crippen molar-refractivity contribution in [3.63, 3.8) is 0 Å². The number of carbonyl (C=O) groups is 2. The van der Waals surface area contributed by atoms with Crippen LogP contribution in [0, 0.1) is 0 Å². The van der Waals surface area contributed by atoms with Crippen molar-refractivity contribution in [1.82, 2.24) is 0 Å². The molecule has 0 aliphatic carbocycles. The number of Topliss-reactive ketones (excluding diaryl/α,β-unsaturated/α-hetero) is 2. The fraction of sp³-hybridized carbons (Fsp3) is 0.0500. The van der Waals surface area contributed by atoms with Crippen molar-refractivity contribution in [2.24, 2.45) is 0 Å². The average molecular weight is 367 g/mol. The second-order valence-corrected chi connectivity index (χ2v) is 9.14. The maximum absolute atomic E-state index is 12.7. The van der Waals surface area contributed by atoms with Gasteiger partial charge in [-0.2, -0.15) is 0 Å². The molecule has 2 aromatic rings. The summed E-state index contributed by atoms with van der Waals surface area (Å²) >= 11 is -1.63. The molecule has 3 rings (SSSR count). The molecule has 0 saturated heterocycles. The molecule has 1 unspecified atom stereocenters. The van der Waals surface area contributed by atoms with Crippen molar-refractivity contribution in [3.05, 3.63) is 94.5 Å². The van der Waals surface area contributed by atoms with E-state index in [-0.39, 0.29) is 11.6 Å². The van der Waals surface area contributed by atoms with Gasteiger partial charge in [0, 0.05) is 0 Å². The topological polar surface area (TPSA) is 34.1 Å². The molecule has 0 amide bonds. The van der Waals surface area contributed by atoms with Crippen molar-refractivity contribution in [2.45, 2.75) is 5.82 Å². The quantitative estimate of drug-likeness (QED) is 0.611. The summed E-state index contributed by atoms with van der Waals surface area (Å²) in [5, 5.41) is 0. The van der Waals surface area contributed by atoms with Crippen LogP contribution in [-0.4, -0.2) is 29.4 Å². The summed E-state index contributed by atoms with van der Waals surface area (Å²) in [6.07, 6.45) is 5.54. The number of carbonyl (C=O) groups excluding carboxylic acids is 2. The molecule has 1 aliphatic heterocycles. The molecule has 2 aromatic carbocycles. The van der Waals surface area contributed by atoms with Crippen LogP contribution in [0.5, 0.6) is 0 Å². The molecule has 1 atom stereocenters. The van der Waals surface area contributed by atoms with Gasteiger partial charge in [-0.25, -0.2) is 0 Å². The number of hydrogen-bond acceptors (Lipinski definition) is 2. The first-order valence-electron chi connectivity index (χ1n) is 7.29. The van der Waals surface area contributed by atoms with Gasteiger partial charge in [-0.15, -0.1) is 0 Å². The van der Waals surface area contributed by atoms with Crippen LogP contribution in [0.3, 0.4) is 0 Å². The predicted molar refractivity (Wildman–Crippen MR) is 95.4 cm³/mol. The van der Waals surface area contributed by atoms with E-state index in [9.17, 15) is 9.59 Å². The summed E-state index contributed by atoms with van der Waals surface area (Å²) in [5.74, 6) is 2.09. The van der Waals surface area contributed by atoms with Crippen LogP contribution >= 0.6 is 0 Å². The van der Waals surface area contributed by atoms with Crippen molar-refractivity contribution in [2.75, 3.05) is 0 Å². The molecule has 0 bridgehead atoms. The van der Waals surface area contributed by atoms with Gasteiger partial charge in [0.25, 0.3) is 0 Å². The van der Waals surface area contributed by atoms with E-state index >= 15 is 0 Å². The fourth-order valence-corrected chi connectivity index (χ4v) is 5.78. The van der Waals surface area contributed by atoms with E-state index in [0.717, 1.165) is 8.89 Å². The Hall–Kier alpha value is -2.35. The molecule has 0 aromatic heterocycles. The fourth-order valence-electron chi connectivity index (χ4n) is 2.44. The Morgan fingerprint density at radius 2 is 1.30 bits per heavy atom. The number of allylic oxidation sites excluding steroid dienone is 4. The van der Waals surface area contributed by atoms with E-state index < -0.39 is 13.5 Å². The zero-order valence-corrected chi connectivity index (χ0v) is 14.4. The summed E-state index contributed by atoms with van der Waals surface area (Å²) in [4.78, 5) is 25.4. The van der Waals surface area contributed by atoms with E-state index in [1.807, 2.05) is 84.7 Å². The Kier molecular flexibility index (Phi) is 4.61. The van der Waals surface area contributed by atoms with Gasteiger partial charge in [0.05, 0.1) is 0 Å². The molecular weight excluding hydrogens is 351 g/mol. The van der Waals surface area contributed by atoms with Gasteiger partial charge in [0.1, 0.15) is 0 Å². The summed E-state index contributed by atoms with van der Waals surface area (Å²) in [5.41, 5.74) is 1.35. The first-order chi connectivity index (χ1) is 11.2. The van der Waals surface area contributed by atoms with E-state index in [1.165, 1.54) is 0 Å². The van der Waals surface area contributed by atoms with E-state index in [2.05, 4.69) is 0 Å². The zero-order chi connectivity index (χ0) is 16.2. The Labute approximate surface area is 139 Å². The van der Waals surface area contributed by atoms with Gasteiger partial charge < -0.3 is 0 Å². The van der Waals surface area contributed by atoms with Gasteiger partial charge in [-0.3, -0.25) is 0 Å². The predicted octanol–water partition coefficient (Wildman–Crippen LogP) is 3.67. The molecule has 0 saturated carbocycles. The van der Waals surface area contributed by atoms with Crippen LogP contribution in [0.1, 0.15) is 20.7 Å². The Morgan fingerprint density at radius 3 is 1.87 bits per heavy atom. The Bertz CT molecular complexity index is 844. The third kappa shape index (κ3) is 3.21.